The molecule has 3 unspecified atom stereocenters. The highest BCUT2D eigenvalue weighted by molar-refractivity contribution is 7.66. The summed E-state index contributed by atoms with van der Waals surface area (Å²) in [7, 11) is -15.4. The van der Waals surface area contributed by atoms with E-state index in [0.29, 0.717) is 11.4 Å². The van der Waals surface area contributed by atoms with E-state index in [9.17, 15) is 43.3 Å². The van der Waals surface area contributed by atoms with Crippen LogP contribution in [0.15, 0.2) is 64.4 Å². The van der Waals surface area contributed by atoms with E-state index in [-0.39, 0.29) is 6.54 Å². The van der Waals surface area contributed by atoms with Crippen molar-refractivity contribution in [3.8, 4) is 16.9 Å². The lowest BCUT2D eigenvalue weighted by atomic mass is 10.0. The third-order valence-corrected chi connectivity index (χ3v) is 10.1. The zero-order chi connectivity index (χ0) is 33.2. The van der Waals surface area contributed by atoms with Gasteiger partial charge in [-0.15, -0.1) is 0 Å². The second-order valence-electron chi connectivity index (χ2n) is 9.52. The maximum absolute atomic E-state index is 13.4. The fourth-order valence-corrected chi connectivity index (χ4v) is 7.36. The second-order valence-corrected chi connectivity index (χ2v) is 13.9. The molecule has 22 heteroatoms. The lowest BCUT2D eigenvalue weighted by Crippen LogP contribution is -2.51. The van der Waals surface area contributed by atoms with Crippen LogP contribution in [0.1, 0.15) is 18.3 Å². The summed E-state index contributed by atoms with van der Waals surface area (Å²) < 4.78 is 58.7. The van der Waals surface area contributed by atoms with Crippen LogP contribution < -0.4 is 16.0 Å². The molecule has 0 radical (unpaired) electrons. The monoisotopic (exact) mass is 695 g/mol. The van der Waals surface area contributed by atoms with Gasteiger partial charge in [0, 0.05) is 24.9 Å². The van der Waals surface area contributed by atoms with Gasteiger partial charge in [0.15, 0.2) is 6.23 Å². The highest BCUT2D eigenvalue weighted by Crippen LogP contribution is 2.66. The molecule has 1 aromatic carbocycles. The van der Waals surface area contributed by atoms with Crippen LogP contribution in [-0.2, 0) is 38.1 Å². The Bertz CT molecular complexity index is 1790. The van der Waals surface area contributed by atoms with E-state index >= 15 is 0 Å². The van der Waals surface area contributed by atoms with Crippen molar-refractivity contribution in [2.45, 2.75) is 37.5 Å². The van der Waals surface area contributed by atoms with E-state index in [4.69, 9.17) is 19.3 Å². The highest BCUT2D eigenvalue weighted by atomic mass is 31.3. The zero-order valence-electron chi connectivity index (χ0n) is 23.1. The summed E-state index contributed by atoms with van der Waals surface area (Å²) in [6.07, 6.45) is -4.13. The molecule has 1 aliphatic heterocycles. The van der Waals surface area contributed by atoms with Gasteiger partial charge in [-0.3, -0.25) is 23.4 Å². The number of methoxy groups -OCH3 is 1. The minimum absolute atomic E-state index is 0.281. The van der Waals surface area contributed by atoms with Crippen LogP contribution in [0.5, 0.6) is 5.75 Å². The fourth-order valence-electron chi connectivity index (χ4n) is 4.33. The summed E-state index contributed by atoms with van der Waals surface area (Å²) in [5.41, 5.74) is 0.196. The molecule has 0 saturated carbocycles. The Morgan fingerprint density at radius 3 is 2.36 bits per heavy atom. The maximum atomic E-state index is 13.4. The Balaban J connectivity index is 1.53. The van der Waals surface area contributed by atoms with E-state index in [2.05, 4.69) is 18.1 Å². The molecule has 0 bridgehead atoms. The van der Waals surface area contributed by atoms with E-state index in [1.807, 2.05) is 6.07 Å². The predicted octanol–water partition coefficient (Wildman–Crippen LogP) is 0.481. The minimum atomic E-state index is -5.79. The molecule has 1 fully saturated rings. The summed E-state index contributed by atoms with van der Waals surface area (Å²) >= 11 is 0. The van der Waals surface area contributed by atoms with Crippen LogP contribution in [0, 0.1) is 0 Å². The van der Waals surface area contributed by atoms with E-state index in [1.54, 1.807) is 30.3 Å². The van der Waals surface area contributed by atoms with Crippen LogP contribution in [0.25, 0.3) is 11.1 Å². The average Bonchev–Trinajstić information content (AvgIpc) is 2.93. The first-order valence-electron chi connectivity index (χ1n) is 12.7. The van der Waals surface area contributed by atoms with Crippen molar-refractivity contribution in [1.82, 2.24) is 14.1 Å². The Morgan fingerprint density at radius 2 is 1.67 bits per heavy atom. The standard InChI is InChI=1S/C23H28N3O16P3/c1-38-17-4-2-3-14(10-17)15-5-7-24-16(9-15)12-26-21(29)6-8-25(23(26)30)22-19(28)11-18(27)20(40-22)13-39-44(34,35)42-45(36,37)41-43(31,32)33/h2-10,18-20,22,27-28H,11-13H2,1H3,(H,34,35)(H,36,37)(H2,31,32,33)/t18-,19?,20-,22-/m1/s1. The molecule has 1 aliphatic rings. The molecule has 0 spiro atoms. The zero-order valence-corrected chi connectivity index (χ0v) is 25.8. The molecular weight excluding hydrogens is 667 g/mol. The molecule has 45 heavy (non-hydrogen) atoms. The lowest BCUT2D eigenvalue weighted by molar-refractivity contribution is -0.206. The van der Waals surface area contributed by atoms with Crippen molar-refractivity contribution in [1.29, 1.82) is 0 Å². The van der Waals surface area contributed by atoms with E-state index in [1.165, 1.54) is 13.3 Å². The van der Waals surface area contributed by atoms with Crippen LogP contribution in [0.3, 0.4) is 0 Å². The van der Waals surface area contributed by atoms with Crippen molar-refractivity contribution >= 4 is 23.5 Å². The van der Waals surface area contributed by atoms with Crippen molar-refractivity contribution in [3.05, 3.63) is 81.4 Å². The van der Waals surface area contributed by atoms with Gasteiger partial charge < -0.3 is 39.3 Å². The van der Waals surface area contributed by atoms with Crippen molar-refractivity contribution in [2.75, 3.05) is 13.7 Å². The third kappa shape index (κ3) is 9.34. The first-order valence-corrected chi connectivity index (χ1v) is 17.2. The summed E-state index contributed by atoms with van der Waals surface area (Å²) in [4.78, 5) is 66.6. The fraction of sp³-hybridized carbons (Fsp3) is 0.348. The number of ether oxygens (including phenoxy) is 2. The van der Waals surface area contributed by atoms with Gasteiger partial charge in [0.25, 0.3) is 5.56 Å². The molecule has 246 valence electrons. The Kier molecular flexibility index (Phi) is 10.8. The van der Waals surface area contributed by atoms with Gasteiger partial charge in [0.2, 0.25) is 0 Å². The van der Waals surface area contributed by atoms with Crippen LogP contribution in [0.4, 0.5) is 0 Å². The van der Waals surface area contributed by atoms with E-state index < -0.39 is 72.3 Å². The Labute approximate surface area is 253 Å². The molecule has 6 atom stereocenters. The van der Waals surface area contributed by atoms with Crippen molar-refractivity contribution < 1.29 is 66.1 Å². The molecule has 3 heterocycles. The number of hydrogen-bond donors (Lipinski definition) is 6. The van der Waals surface area contributed by atoms with Crippen LogP contribution >= 0.6 is 23.5 Å². The number of benzene rings is 1. The first kappa shape index (κ1) is 35.0. The summed E-state index contributed by atoms with van der Waals surface area (Å²) in [5, 5.41) is 20.9. The molecule has 2 aromatic heterocycles. The molecule has 3 aromatic rings. The second kappa shape index (κ2) is 13.9. The highest BCUT2D eigenvalue weighted by Gasteiger charge is 2.43. The quantitative estimate of drug-likeness (QED) is 0.141. The number of rotatable bonds is 12. The van der Waals surface area contributed by atoms with Crippen LogP contribution in [-0.4, -0.2) is 75.9 Å². The van der Waals surface area contributed by atoms with Gasteiger partial charge in [-0.05, 0) is 35.4 Å². The summed E-state index contributed by atoms with van der Waals surface area (Å²) in [5.74, 6) is 0.615. The molecule has 1 saturated heterocycles. The number of aliphatic hydroxyl groups is 2. The third-order valence-electron chi connectivity index (χ3n) is 6.28. The van der Waals surface area contributed by atoms with Crippen molar-refractivity contribution in [2.24, 2.45) is 0 Å². The number of pyridine rings is 1. The number of aliphatic hydroxyl groups excluding tert-OH is 2. The first-order chi connectivity index (χ1) is 21.0. The van der Waals surface area contributed by atoms with Gasteiger partial charge >= 0.3 is 29.2 Å². The normalized spacial score (nSPS) is 23.2. The Hall–Kier alpha value is -2.86. The topological polar surface area (TPSA) is 276 Å². The predicted molar refractivity (Wildman–Crippen MR) is 151 cm³/mol. The van der Waals surface area contributed by atoms with Gasteiger partial charge in [-0.1, -0.05) is 12.1 Å². The SMILES string of the molecule is COc1cccc(-c2ccnc(Cn3c(=O)ccn([C@@H]4O[C@H](COP(=O)(O)OP(=O)(O)OP(=O)(O)O)[C@H](O)CC4O)c3=O)c2)c1. The molecule has 0 aliphatic carbocycles. The number of hydrogen-bond acceptors (Lipinski definition) is 13. The summed E-state index contributed by atoms with van der Waals surface area (Å²) in [6.45, 7) is -1.32. The minimum Gasteiger partial charge on any atom is -0.497 e. The molecule has 0 amide bonds. The number of phosphoric acid groups is 3. The average molecular weight is 695 g/mol. The maximum Gasteiger partial charge on any atom is 0.490 e. The van der Waals surface area contributed by atoms with E-state index in [0.717, 1.165) is 32.5 Å². The number of aromatic nitrogens is 3. The number of nitrogens with zero attached hydrogens (tertiary/aromatic N) is 3. The van der Waals surface area contributed by atoms with Crippen LogP contribution in [0.2, 0.25) is 0 Å². The van der Waals surface area contributed by atoms with Gasteiger partial charge in [0.1, 0.15) is 18.0 Å². The molecule has 19 nitrogen and oxygen atoms in total. The molecule has 4 rings (SSSR count). The van der Waals surface area contributed by atoms with Gasteiger partial charge in [-0.25, -0.2) is 18.5 Å². The largest absolute Gasteiger partial charge is 0.497 e. The lowest BCUT2D eigenvalue weighted by Gasteiger charge is -2.37. The molecular formula is C23H28N3O16P3. The van der Waals surface area contributed by atoms with Gasteiger partial charge in [0.05, 0.1) is 32.1 Å². The van der Waals surface area contributed by atoms with Crippen molar-refractivity contribution in [3.63, 3.8) is 0 Å². The molecule has 6 N–H and O–H groups in total. The summed E-state index contributed by atoms with van der Waals surface area (Å²) in [6, 6.07) is 11.6. The van der Waals surface area contributed by atoms with Gasteiger partial charge in [-0.2, -0.15) is 8.62 Å². The Morgan fingerprint density at radius 1 is 0.956 bits per heavy atom. The number of phosphoric ester groups is 1. The smallest absolute Gasteiger partial charge is 0.490 e.